The topological polar surface area (TPSA) is 119 Å². The lowest BCUT2D eigenvalue weighted by atomic mass is 10.1. The van der Waals surface area contributed by atoms with Crippen molar-refractivity contribution in [2.24, 2.45) is 0 Å². The minimum absolute atomic E-state index is 0.0710. The number of nitrogens with one attached hydrogen (secondary N) is 1. The number of pyridine rings is 1. The van der Waals surface area contributed by atoms with Crippen LogP contribution in [0.15, 0.2) is 30.7 Å². The molecule has 1 fully saturated rings. The molecule has 15 heteroatoms. The molecular formula is C26H28F4N6O4S. The highest BCUT2D eigenvalue weighted by Gasteiger charge is 2.35. The highest BCUT2D eigenvalue weighted by Crippen LogP contribution is 2.28. The maximum atomic E-state index is 14.8. The number of piperidine rings is 1. The Bertz CT molecular complexity index is 1380. The number of likely N-dealkylation sites (tertiary alicyclic amines) is 1. The molecule has 0 aliphatic carbocycles. The number of carbonyl (C=O) groups excluding carboxylic acids is 2. The number of aryl methyl sites for hydroxylation is 1. The normalized spacial score (nSPS) is 17.7. The van der Waals surface area contributed by atoms with Gasteiger partial charge in [-0.15, -0.1) is 0 Å². The summed E-state index contributed by atoms with van der Waals surface area (Å²) in [6, 6.07) is 3.03. The van der Waals surface area contributed by atoms with Crippen LogP contribution in [0, 0.1) is 6.92 Å². The number of alkyl halides is 4. The maximum Gasteiger partial charge on any atom is 0.434 e. The monoisotopic (exact) mass is 596 g/mol. The third-order valence-corrected chi connectivity index (χ3v) is 6.83. The molecule has 4 heterocycles. The molecule has 0 radical (unpaired) electrons. The van der Waals surface area contributed by atoms with E-state index in [1.165, 1.54) is 17.2 Å². The lowest BCUT2D eigenvalue weighted by Gasteiger charge is -2.35. The molecule has 1 saturated heterocycles. The summed E-state index contributed by atoms with van der Waals surface area (Å²) in [5.41, 5.74) is -0.478. The first-order chi connectivity index (χ1) is 19.2. The molecule has 0 bridgehead atoms. The van der Waals surface area contributed by atoms with E-state index in [9.17, 15) is 27.2 Å². The van der Waals surface area contributed by atoms with Gasteiger partial charge in [0.1, 0.15) is 11.7 Å². The van der Waals surface area contributed by atoms with Crippen molar-refractivity contribution in [3.8, 4) is 5.88 Å². The number of anilines is 1. The molecule has 220 valence electrons. The van der Waals surface area contributed by atoms with Crippen LogP contribution in [0.1, 0.15) is 59.5 Å². The molecule has 0 spiro atoms. The van der Waals surface area contributed by atoms with Gasteiger partial charge in [-0.2, -0.15) is 17.5 Å². The van der Waals surface area contributed by atoms with Gasteiger partial charge in [0.15, 0.2) is 11.9 Å². The summed E-state index contributed by atoms with van der Waals surface area (Å²) in [5.74, 6) is -0.337. The Morgan fingerprint density at radius 1 is 1.12 bits per heavy atom. The van der Waals surface area contributed by atoms with Gasteiger partial charge in [-0.1, -0.05) is 0 Å². The Morgan fingerprint density at radius 3 is 2.46 bits per heavy atom. The van der Waals surface area contributed by atoms with E-state index in [1.54, 1.807) is 33.8 Å². The van der Waals surface area contributed by atoms with Crippen LogP contribution in [0.25, 0.3) is 0 Å². The summed E-state index contributed by atoms with van der Waals surface area (Å²) in [6.45, 7) is 6.96. The van der Waals surface area contributed by atoms with Crippen molar-refractivity contribution in [3.05, 3.63) is 58.2 Å². The molecule has 41 heavy (non-hydrogen) atoms. The van der Waals surface area contributed by atoms with E-state index in [-0.39, 0.29) is 43.1 Å². The number of halogens is 4. The van der Waals surface area contributed by atoms with Crippen molar-refractivity contribution in [3.63, 3.8) is 0 Å². The van der Waals surface area contributed by atoms with Crippen LogP contribution in [0.2, 0.25) is 0 Å². The Labute approximate surface area is 237 Å². The van der Waals surface area contributed by atoms with E-state index in [0.717, 1.165) is 17.7 Å². The van der Waals surface area contributed by atoms with Crippen LogP contribution in [-0.4, -0.2) is 67.2 Å². The van der Waals surface area contributed by atoms with Gasteiger partial charge in [0.2, 0.25) is 5.88 Å². The van der Waals surface area contributed by atoms with Crippen molar-refractivity contribution in [1.82, 2.24) is 24.2 Å². The van der Waals surface area contributed by atoms with Crippen molar-refractivity contribution in [1.29, 1.82) is 0 Å². The third kappa shape index (κ3) is 7.86. The molecule has 1 aliphatic rings. The SMILES string of the molecule is Cc1nsc(Cc2cnc(C(F)(F)F)cn2)c1C(=O)Nc1ccc(O[C@H]2CCN(C(=O)OC(C)(C)C)C[C@H]2F)nc1. The largest absolute Gasteiger partial charge is 0.471 e. The molecule has 3 aromatic heterocycles. The zero-order valence-corrected chi connectivity index (χ0v) is 23.5. The third-order valence-electron chi connectivity index (χ3n) is 5.90. The first-order valence-electron chi connectivity index (χ1n) is 12.6. The highest BCUT2D eigenvalue weighted by atomic mass is 32.1. The van der Waals surface area contributed by atoms with Crippen LogP contribution < -0.4 is 10.1 Å². The van der Waals surface area contributed by atoms with Crippen molar-refractivity contribution in [2.45, 2.75) is 64.6 Å². The van der Waals surface area contributed by atoms with Crippen LogP contribution in [0.4, 0.5) is 28.0 Å². The van der Waals surface area contributed by atoms with E-state index < -0.39 is 41.7 Å². The van der Waals surface area contributed by atoms with Gasteiger partial charge in [-0.3, -0.25) is 9.78 Å². The average Bonchev–Trinajstić information content (AvgIpc) is 3.24. The molecule has 1 aliphatic heterocycles. The number of carbonyl (C=O) groups is 2. The first-order valence-corrected chi connectivity index (χ1v) is 13.4. The van der Waals surface area contributed by atoms with Gasteiger partial charge in [-0.05, 0) is 45.3 Å². The van der Waals surface area contributed by atoms with Crippen molar-refractivity contribution >= 4 is 29.2 Å². The number of ether oxygens (including phenoxy) is 2. The molecule has 2 amide bonds. The molecule has 3 aromatic rings. The van der Waals surface area contributed by atoms with E-state index in [0.29, 0.717) is 22.5 Å². The van der Waals surface area contributed by atoms with Crippen LogP contribution >= 0.6 is 11.5 Å². The van der Waals surface area contributed by atoms with E-state index >= 15 is 0 Å². The molecule has 0 aromatic carbocycles. The smallest absolute Gasteiger partial charge is 0.434 e. The standard InChI is InChI=1S/C26H28F4N6O4S/c1-14-22(19(41-35-14)9-16-11-32-20(12-31-16)26(28,29)30)23(37)34-15-5-6-21(33-10-15)39-18-7-8-36(13-17(18)27)24(38)40-25(2,3)4/h5-6,10-12,17-18H,7-9,13H2,1-4H3,(H,34,37)/t17-,18+/m1/s1. The average molecular weight is 597 g/mol. The zero-order chi connectivity index (χ0) is 29.9. The minimum atomic E-state index is -4.60. The summed E-state index contributed by atoms with van der Waals surface area (Å²) >= 11 is 1.04. The molecule has 0 unspecified atom stereocenters. The second-order valence-corrected chi connectivity index (χ2v) is 11.2. The Balaban J connectivity index is 1.34. The zero-order valence-electron chi connectivity index (χ0n) is 22.7. The Hall–Kier alpha value is -3.88. The fourth-order valence-electron chi connectivity index (χ4n) is 3.97. The summed E-state index contributed by atoms with van der Waals surface area (Å²) in [6.07, 6.45) is -4.09. The molecule has 0 saturated carbocycles. The molecule has 10 nitrogen and oxygen atoms in total. The summed E-state index contributed by atoms with van der Waals surface area (Å²) in [7, 11) is 0. The fourth-order valence-corrected chi connectivity index (χ4v) is 4.85. The van der Waals surface area contributed by atoms with Gasteiger partial charge in [0.25, 0.3) is 5.91 Å². The summed E-state index contributed by atoms with van der Waals surface area (Å²) in [5, 5.41) is 2.71. The van der Waals surface area contributed by atoms with Crippen LogP contribution in [0.3, 0.4) is 0 Å². The number of hydrogen-bond acceptors (Lipinski definition) is 9. The molecular weight excluding hydrogens is 568 g/mol. The van der Waals surface area contributed by atoms with Crippen molar-refractivity contribution < 1.29 is 36.6 Å². The predicted molar refractivity (Wildman–Crippen MR) is 141 cm³/mol. The second kappa shape index (κ2) is 11.9. The fraction of sp³-hybridized carbons (Fsp3) is 0.462. The first kappa shape index (κ1) is 30.1. The van der Waals surface area contributed by atoms with Gasteiger partial charge in [-0.25, -0.2) is 19.2 Å². The number of aromatic nitrogens is 4. The molecule has 2 atom stereocenters. The van der Waals surface area contributed by atoms with Gasteiger partial charge in [0.05, 0.1) is 41.6 Å². The summed E-state index contributed by atoms with van der Waals surface area (Å²) in [4.78, 5) is 38.4. The number of hydrogen-bond donors (Lipinski definition) is 1. The highest BCUT2D eigenvalue weighted by molar-refractivity contribution is 7.06. The van der Waals surface area contributed by atoms with E-state index in [2.05, 4.69) is 24.6 Å². The number of rotatable bonds is 6. The summed E-state index contributed by atoms with van der Waals surface area (Å²) < 4.78 is 68.2. The quantitative estimate of drug-likeness (QED) is 0.385. The van der Waals surface area contributed by atoms with Gasteiger partial charge < -0.3 is 19.7 Å². The van der Waals surface area contributed by atoms with Gasteiger partial charge in [0, 0.05) is 36.5 Å². The van der Waals surface area contributed by atoms with Crippen molar-refractivity contribution in [2.75, 3.05) is 18.4 Å². The minimum Gasteiger partial charge on any atom is -0.471 e. The lowest BCUT2D eigenvalue weighted by Crippen LogP contribution is -2.50. The Kier molecular flexibility index (Phi) is 8.75. The molecule has 1 N–H and O–H groups in total. The van der Waals surface area contributed by atoms with Gasteiger partial charge >= 0.3 is 12.3 Å². The Morgan fingerprint density at radius 2 is 1.88 bits per heavy atom. The lowest BCUT2D eigenvalue weighted by molar-refractivity contribution is -0.141. The predicted octanol–water partition coefficient (Wildman–Crippen LogP) is 5.22. The van der Waals surface area contributed by atoms with E-state index in [4.69, 9.17) is 9.47 Å². The van der Waals surface area contributed by atoms with Crippen LogP contribution in [-0.2, 0) is 17.3 Å². The molecule has 4 rings (SSSR count). The van der Waals surface area contributed by atoms with Crippen LogP contribution in [0.5, 0.6) is 5.88 Å². The number of nitrogens with zero attached hydrogens (tertiary/aromatic N) is 5. The maximum absolute atomic E-state index is 14.8. The second-order valence-electron chi connectivity index (χ2n) is 10.4. The van der Waals surface area contributed by atoms with E-state index in [1.807, 2.05) is 0 Å². The number of amides is 2.